The molecule has 0 unspecified atom stereocenters. The van der Waals surface area contributed by atoms with E-state index in [1.807, 2.05) is 38.1 Å². The van der Waals surface area contributed by atoms with Crippen molar-refractivity contribution in [1.29, 1.82) is 0 Å². The Morgan fingerprint density at radius 3 is 2.65 bits per heavy atom. The molecule has 2 fully saturated rings. The number of anilines is 1. The van der Waals surface area contributed by atoms with Crippen LogP contribution in [0.25, 0.3) is 0 Å². The summed E-state index contributed by atoms with van der Waals surface area (Å²) in [4.78, 5) is 27.2. The molecule has 1 aromatic rings. The molecular formula is C17H17NO2. The molecule has 3 nitrogen and oxygen atoms in total. The average molecular weight is 267 g/mol. The quantitative estimate of drug-likeness (QED) is 0.579. The van der Waals surface area contributed by atoms with Gasteiger partial charge < -0.3 is 0 Å². The van der Waals surface area contributed by atoms with Gasteiger partial charge in [0.15, 0.2) is 0 Å². The standard InChI is InChI=1S/C17H17NO2/c1-10-5-3-4-6-13(10)18-15(19)14-11-7-8-12(9-11)17(14,2)16(18)20/h3-8,11-12,14H,9H2,1-2H3/t11-,12-,14+,17+/m0/s1. The van der Waals surface area contributed by atoms with Crippen LogP contribution in [-0.2, 0) is 9.59 Å². The van der Waals surface area contributed by atoms with Crippen molar-refractivity contribution in [2.45, 2.75) is 20.3 Å². The van der Waals surface area contributed by atoms with Crippen molar-refractivity contribution in [3.8, 4) is 0 Å². The normalized spacial score (nSPS) is 37.9. The highest BCUT2D eigenvalue weighted by Crippen LogP contribution is 2.60. The topological polar surface area (TPSA) is 37.4 Å². The lowest BCUT2D eigenvalue weighted by molar-refractivity contribution is -0.127. The minimum absolute atomic E-state index is 0.0105. The molecule has 1 saturated heterocycles. The molecule has 1 aliphatic heterocycles. The van der Waals surface area contributed by atoms with Crippen molar-refractivity contribution in [3.05, 3.63) is 42.0 Å². The number of hydrogen-bond donors (Lipinski definition) is 0. The van der Waals surface area contributed by atoms with Crippen LogP contribution in [0.3, 0.4) is 0 Å². The van der Waals surface area contributed by atoms with Crippen LogP contribution in [0.2, 0.25) is 0 Å². The molecule has 3 aliphatic rings. The predicted molar refractivity (Wildman–Crippen MR) is 76.0 cm³/mol. The number of benzene rings is 1. The number of allylic oxidation sites excluding steroid dienone is 2. The largest absolute Gasteiger partial charge is 0.274 e. The fraction of sp³-hybridized carbons (Fsp3) is 0.412. The number of aryl methyl sites for hydroxylation is 1. The smallest absolute Gasteiger partial charge is 0.241 e. The van der Waals surface area contributed by atoms with Crippen LogP contribution in [0.1, 0.15) is 18.9 Å². The molecular weight excluding hydrogens is 250 g/mol. The third-order valence-electron chi connectivity index (χ3n) is 5.47. The molecule has 4 atom stereocenters. The van der Waals surface area contributed by atoms with Gasteiger partial charge in [-0.15, -0.1) is 0 Å². The van der Waals surface area contributed by atoms with Gasteiger partial charge in [0.1, 0.15) is 0 Å². The molecule has 2 bridgehead atoms. The molecule has 0 spiro atoms. The summed E-state index contributed by atoms with van der Waals surface area (Å²) in [5.74, 6) is 0.283. The Kier molecular flexibility index (Phi) is 2.14. The number of carbonyl (C=O) groups excluding carboxylic acids is 2. The van der Waals surface area contributed by atoms with Crippen LogP contribution in [-0.4, -0.2) is 11.8 Å². The van der Waals surface area contributed by atoms with Gasteiger partial charge in [-0.1, -0.05) is 30.4 Å². The van der Waals surface area contributed by atoms with Gasteiger partial charge >= 0.3 is 0 Å². The Morgan fingerprint density at radius 2 is 1.95 bits per heavy atom. The van der Waals surface area contributed by atoms with Gasteiger partial charge in [-0.2, -0.15) is 0 Å². The first-order valence-corrected chi connectivity index (χ1v) is 7.17. The van der Waals surface area contributed by atoms with Crippen LogP contribution in [0, 0.1) is 30.1 Å². The highest BCUT2D eigenvalue weighted by atomic mass is 16.2. The summed E-state index contributed by atoms with van der Waals surface area (Å²) < 4.78 is 0. The summed E-state index contributed by atoms with van der Waals surface area (Å²) in [6.07, 6.45) is 5.22. The Balaban J connectivity index is 1.85. The first-order chi connectivity index (χ1) is 9.55. The highest BCUT2D eigenvalue weighted by molar-refractivity contribution is 6.24. The van der Waals surface area contributed by atoms with Gasteiger partial charge in [-0.25, -0.2) is 4.90 Å². The van der Waals surface area contributed by atoms with E-state index >= 15 is 0 Å². The lowest BCUT2D eigenvalue weighted by Gasteiger charge is -2.28. The number of fused-ring (bicyclic) bond motifs is 5. The summed E-state index contributed by atoms with van der Waals surface area (Å²) in [6.45, 7) is 3.92. The van der Waals surface area contributed by atoms with E-state index in [1.165, 1.54) is 4.90 Å². The molecule has 102 valence electrons. The summed E-state index contributed by atoms with van der Waals surface area (Å²) in [6, 6.07) is 7.62. The minimum Gasteiger partial charge on any atom is -0.274 e. The Hall–Kier alpha value is -1.90. The van der Waals surface area contributed by atoms with E-state index in [0.717, 1.165) is 17.7 Å². The lowest BCUT2D eigenvalue weighted by Crippen LogP contribution is -2.37. The van der Waals surface area contributed by atoms with E-state index in [4.69, 9.17) is 0 Å². The van der Waals surface area contributed by atoms with Crippen LogP contribution < -0.4 is 4.90 Å². The molecule has 2 amide bonds. The van der Waals surface area contributed by atoms with Crippen molar-refractivity contribution in [1.82, 2.24) is 0 Å². The molecule has 0 N–H and O–H groups in total. The first kappa shape index (κ1) is 11.9. The SMILES string of the molecule is Cc1ccccc1N1C(=O)[C@H]2[C@H]3C=C[C@@H](C3)[C@@]2(C)C1=O. The molecule has 3 heteroatoms. The van der Waals surface area contributed by atoms with Crippen molar-refractivity contribution in [3.63, 3.8) is 0 Å². The highest BCUT2D eigenvalue weighted by Gasteiger charge is 2.67. The zero-order valence-electron chi connectivity index (χ0n) is 11.7. The van der Waals surface area contributed by atoms with Gasteiger partial charge in [0, 0.05) is 0 Å². The number of rotatable bonds is 1. The molecule has 2 aliphatic carbocycles. The van der Waals surface area contributed by atoms with Crippen molar-refractivity contribution >= 4 is 17.5 Å². The summed E-state index contributed by atoms with van der Waals surface area (Å²) >= 11 is 0. The molecule has 1 heterocycles. The minimum atomic E-state index is -0.529. The molecule has 1 aromatic carbocycles. The third-order valence-corrected chi connectivity index (χ3v) is 5.47. The van der Waals surface area contributed by atoms with Crippen LogP contribution in [0.5, 0.6) is 0 Å². The zero-order valence-corrected chi connectivity index (χ0v) is 11.7. The fourth-order valence-electron chi connectivity index (χ4n) is 4.35. The number of amides is 2. The van der Waals surface area contributed by atoms with Crippen LogP contribution in [0.4, 0.5) is 5.69 Å². The summed E-state index contributed by atoms with van der Waals surface area (Å²) in [5.41, 5.74) is 1.19. The van der Waals surface area contributed by atoms with E-state index in [2.05, 4.69) is 12.2 Å². The molecule has 4 rings (SSSR count). The fourth-order valence-corrected chi connectivity index (χ4v) is 4.35. The zero-order chi connectivity index (χ0) is 14.1. The number of para-hydroxylation sites is 1. The number of nitrogens with zero attached hydrogens (tertiary/aromatic N) is 1. The molecule has 0 radical (unpaired) electrons. The molecule has 20 heavy (non-hydrogen) atoms. The van der Waals surface area contributed by atoms with E-state index in [9.17, 15) is 9.59 Å². The summed E-state index contributed by atoms with van der Waals surface area (Å²) in [5, 5.41) is 0. The van der Waals surface area contributed by atoms with Gasteiger partial charge in [-0.3, -0.25) is 9.59 Å². The van der Waals surface area contributed by atoms with E-state index < -0.39 is 5.41 Å². The van der Waals surface area contributed by atoms with Crippen LogP contribution >= 0.6 is 0 Å². The first-order valence-electron chi connectivity index (χ1n) is 7.17. The third kappa shape index (κ3) is 1.17. The Bertz CT molecular complexity index is 663. The van der Waals surface area contributed by atoms with Gasteiger partial charge in [0.05, 0.1) is 17.0 Å². The van der Waals surface area contributed by atoms with Gasteiger partial charge in [0.25, 0.3) is 0 Å². The molecule has 0 aromatic heterocycles. The summed E-state index contributed by atoms with van der Waals surface area (Å²) in [7, 11) is 0. The maximum absolute atomic E-state index is 12.9. The number of carbonyl (C=O) groups is 2. The number of imide groups is 1. The number of hydrogen-bond acceptors (Lipinski definition) is 2. The second-order valence-electron chi connectivity index (χ2n) is 6.42. The van der Waals surface area contributed by atoms with Crippen molar-refractivity contribution in [2.75, 3.05) is 4.90 Å². The second kappa shape index (κ2) is 3.60. The van der Waals surface area contributed by atoms with Crippen LogP contribution in [0.15, 0.2) is 36.4 Å². The van der Waals surface area contributed by atoms with Gasteiger partial charge in [-0.05, 0) is 43.7 Å². The second-order valence-corrected chi connectivity index (χ2v) is 6.42. The van der Waals surface area contributed by atoms with Gasteiger partial charge in [0.2, 0.25) is 11.8 Å². The van der Waals surface area contributed by atoms with E-state index in [1.54, 1.807) is 0 Å². The Labute approximate surface area is 118 Å². The maximum atomic E-state index is 12.9. The molecule has 1 saturated carbocycles. The average Bonchev–Trinajstić information content (AvgIpc) is 3.05. The van der Waals surface area contributed by atoms with E-state index in [0.29, 0.717) is 0 Å². The predicted octanol–water partition coefficient (Wildman–Crippen LogP) is 2.70. The van der Waals surface area contributed by atoms with E-state index in [-0.39, 0.29) is 29.6 Å². The van der Waals surface area contributed by atoms with Crippen molar-refractivity contribution in [2.24, 2.45) is 23.2 Å². The van der Waals surface area contributed by atoms with Crippen molar-refractivity contribution < 1.29 is 9.59 Å². The Morgan fingerprint density at radius 1 is 1.20 bits per heavy atom. The lowest BCUT2D eigenvalue weighted by atomic mass is 9.71. The monoisotopic (exact) mass is 267 g/mol. The maximum Gasteiger partial charge on any atom is 0.241 e.